The molecule has 0 saturated carbocycles. The molecule has 27 heavy (non-hydrogen) atoms. The van der Waals surface area contributed by atoms with Crippen molar-refractivity contribution in [3.05, 3.63) is 65.2 Å². The highest BCUT2D eigenvalue weighted by molar-refractivity contribution is 5.77. The number of carbonyl (C=O) groups is 2. The molecule has 1 heterocycles. The molecule has 0 aromatic heterocycles. The van der Waals surface area contributed by atoms with Crippen LogP contribution in [0.3, 0.4) is 0 Å². The lowest BCUT2D eigenvalue weighted by molar-refractivity contribution is -0.123. The van der Waals surface area contributed by atoms with Crippen molar-refractivity contribution in [2.45, 2.75) is 13.1 Å². The Balaban J connectivity index is 1.39. The maximum Gasteiger partial charge on any atom is 0.258 e. The van der Waals surface area contributed by atoms with Gasteiger partial charge in [0.05, 0.1) is 13.2 Å². The van der Waals surface area contributed by atoms with Gasteiger partial charge >= 0.3 is 0 Å². The quantitative estimate of drug-likeness (QED) is 0.722. The predicted molar refractivity (Wildman–Crippen MR) is 102 cm³/mol. The number of benzene rings is 2. The summed E-state index contributed by atoms with van der Waals surface area (Å²) in [6.45, 7) is 4.86. The fourth-order valence-corrected chi connectivity index (χ4v) is 2.82. The minimum Gasteiger partial charge on any atom is -0.484 e. The van der Waals surface area contributed by atoms with Crippen molar-refractivity contribution >= 4 is 12.2 Å². The minimum atomic E-state index is -0.188. The van der Waals surface area contributed by atoms with Crippen LogP contribution >= 0.6 is 0 Å². The summed E-state index contributed by atoms with van der Waals surface area (Å²) in [7, 11) is 0. The highest BCUT2D eigenvalue weighted by Gasteiger charge is 2.10. The van der Waals surface area contributed by atoms with Crippen molar-refractivity contribution in [2.75, 3.05) is 32.9 Å². The van der Waals surface area contributed by atoms with Crippen LogP contribution in [-0.2, 0) is 22.6 Å². The number of morpholine rings is 1. The van der Waals surface area contributed by atoms with Crippen LogP contribution in [0.25, 0.3) is 0 Å². The fourth-order valence-electron chi connectivity index (χ4n) is 2.82. The molecule has 0 aliphatic carbocycles. The first-order valence-electron chi connectivity index (χ1n) is 9.05. The molecule has 3 rings (SSSR count). The maximum absolute atomic E-state index is 11.9. The van der Waals surface area contributed by atoms with Gasteiger partial charge in [-0.3, -0.25) is 14.5 Å². The van der Waals surface area contributed by atoms with Gasteiger partial charge < -0.3 is 14.8 Å². The summed E-state index contributed by atoms with van der Waals surface area (Å²) in [5, 5.41) is 2.85. The van der Waals surface area contributed by atoms with Crippen molar-refractivity contribution in [3.63, 3.8) is 0 Å². The van der Waals surface area contributed by atoms with E-state index in [1.54, 1.807) is 24.3 Å². The number of carbonyl (C=O) groups excluding carboxylic acids is 2. The second kappa shape index (κ2) is 9.85. The average molecular weight is 368 g/mol. The van der Waals surface area contributed by atoms with Crippen LogP contribution in [0.5, 0.6) is 5.75 Å². The van der Waals surface area contributed by atoms with Gasteiger partial charge in [0, 0.05) is 31.7 Å². The summed E-state index contributed by atoms with van der Waals surface area (Å²) in [5.41, 5.74) is 2.88. The topological polar surface area (TPSA) is 67.9 Å². The van der Waals surface area contributed by atoms with Gasteiger partial charge in [0.25, 0.3) is 5.91 Å². The molecule has 6 nitrogen and oxygen atoms in total. The largest absolute Gasteiger partial charge is 0.484 e. The van der Waals surface area contributed by atoms with Gasteiger partial charge in [0.1, 0.15) is 12.0 Å². The highest BCUT2D eigenvalue weighted by atomic mass is 16.5. The normalized spacial score (nSPS) is 14.5. The van der Waals surface area contributed by atoms with Crippen LogP contribution in [-0.4, -0.2) is 50.0 Å². The van der Waals surface area contributed by atoms with Crippen LogP contribution in [0.2, 0.25) is 0 Å². The lowest BCUT2D eigenvalue weighted by atomic mass is 10.1. The first-order chi connectivity index (χ1) is 13.2. The third-order valence-electron chi connectivity index (χ3n) is 4.41. The molecule has 1 amide bonds. The van der Waals surface area contributed by atoms with E-state index in [9.17, 15) is 9.59 Å². The summed E-state index contributed by atoms with van der Waals surface area (Å²) in [4.78, 5) is 24.9. The van der Waals surface area contributed by atoms with Crippen LogP contribution in [0.1, 0.15) is 21.5 Å². The molecular weight excluding hydrogens is 344 g/mol. The Kier molecular flexibility index (Phi) is 6.96. The van der Waals surface area contributed by atoms with E-state index in [1.165, 1.54) is 5.56 Å². The van der Waals surface area contributed by atoms with Crippen molar-refractivity contribution < 1.29 is 19.1 Å². The Hall–Kier alpha value is -2.70. The Morgan fingerprint density at radius 3 is 2.37 bits per heavy atom. The van der Waals surface area contributed by atoms with Crippen LogP contribution in [0.15, 0.2) is 48.5 Å². The molecule has 6 heteroatoms. The second-order valence-corrected chi connectivity index (χ2v) is 6.46. The van der Waals surface area contributed by atoms with Crippen LogP contribution < -0.4 is 10.1 Å². The SMILES string of the molecule is O=Cc1ccc(OCC(=O)NCc2ccc(CN3CCOCC3)cc2)cc1. The summed E-state index contributed by atoms with van der Waals surface area (Å²) < 4.78 is 10.8. The number of hydrogen-bond acceptors (Lipinski definition) is 5. The van der Waals surface area contributed by atoms with E-state index in [2.05, 4.69) is 22.3 Å². The molecule has 0 spiro atoms. The Morgan fingerprint density at radius 2 is 1.70 bits per heavy atom. The van der Waals surface area contributed by atoms with Crippen LogP contribution in [0.4, 0.5) is 0 Å². The van der Waals surface area contributed by atoms with E-state index in [1.807, 2.05) is 12.1 Å². The number of ether oxygens (including phenoxy) is 2. The molecule has 2 aromatic rings. The third kappa shape index (κ3) is 6.20. The zero-order chi connectivity index (χ0) is 18.9. The summed E-state index contributed by atoms with van der Waals surface area (Å²) in [6.07, 6.45) is 0.767. The zero-order valence-corrected chi connectivity index (χ0v) is 15.2. The van der Waals surface area contributed by atoms with Crippen molar-refractivity contribution in [2.24, 2.45) is 0 Å². The first-order valence-corrected chi connectivity index (χ1v) is 9.05. The lowest BCUT2D eigenvalue weighted by Crippen LogP contribution is -2.35. The van der Waals surface area contributed by atoms with Gasteiger partial charge in [-0.25, -0.2) is 0 Å². The molecule has 0 atom stereocenters. The predicted octanol–water partition coefficient (Wildman–Crippen LogP) is 2.03. The Bertz CT molecular complexity index is 738. The molecule has 1 aliphatic heterocycles. The lowest BCUT2D eigenvalue weighted by Gasteiger charge is -2.26. The number of rotatable bonds is 8. The fraction of sp³-hybridized carbons (Fsp3) is 0.333. The summed E-state index contributed by atoms with van der Waals surface area (Å²) >= 11 is 0. The van der Waals surface area contributed by atoms with Crippen molar-refractivity contribution in [1.82, 2.24) is 10.2 Å². The smallest absolute Gasteiger partial charge is 0.258 e. The molecule has 142 valence electrons. The van der Waals surface area contributed by atoms with E-state index < -0.39 is 0 Å². The molecule has 1 aliphatic rings. The van der Waals surface area contributed by atoms with E-state index in [-0.39, 0.29) is 12.5 Å². The van der Waals surface area contributed by atoms with Crippen molar-refractivity contribution in [3.8, 4) is 5.75 Å². The van der Waals surface area contributed by atoms with E-state index in [0.29, 0.717) is 17.9 Å². The number of amides is 1. The molecule has 0 unspecified atom stereocenters. The molecule has 0 bridgehead atoms. The van der Waals surface area contributed by atoms with Crippen LogP contribution in [0, 0.1) is 0 Å². The standard InChI is InChI=1S/C21H24N2O4/c24-15-19-5-7-20(8-6-19)27-16-21(25)22-13-17-1-3-18(4-2-17)14-23-9-11-26-12-10-23/h1-8,15H,9-14,16H2,(H,22,25). The highest BCUT2D eigenvalue weighted by Crippen LogP contribution is 2.11. The van der Waals surface area contributed by atoms with Gasteiger partial charge in [0.2, 0.25) is 0 Å². The number of nitrogens with zero attached hydrogens (tertiary/aromatic N) is 1. The average Bonchev–Trinajstić information content (AvgIpc) is 2.73. The first kappa shape index (κ1) is 19.1. The third-order valence-corrected chi connectivity index (χ3v) is 4.41. The minimum absolute atomic E-state index is 0.0600. The molecule has 1 N–H and O–H groups in total. The Labute approximate surface area is 159 Å². The molecule has 0 radical (unpaired) electrons. The zero-order valence-electron chi connectivity index (χ0n) is 15.2. The van der Waals surface area contributed by atoms with Gasteiger partial charge in [-0.15, -0.1) is 0 Å². The van der Waals surface area contributed by atoms with Gasteiger partial charge in [-0.1, -0.05) is 24.3 Å². The van der Waals surface area contributed by atoms with Gasteiger partial charge in [-0.2, -0.15) is 0 Å². The number of hydrogen-bond donors (Lipinski definition) is 1. The Morgan fingerprint density at radius 1 is 1.04 bits per heavy atom. The summed E-state index contributed by atoms with van der Waals surface area (Å²) in [6, 6.07) is 14.9. The van der Waals surface area contributed by atoms with Gasteiger partial charge in [-0.05, 0) is 35.4 Å². The number of aldehydes is 1. The van der Waals surface area contributed by atoms with E-state index in [4.69, 9.17) is 9.47 Å². The summed E-state index contributed by atoms with van der Waals surface area (Å²) in [5.74, 6) is 0.370. The molecule has 1 saturated heterocycles. The monoisotopic (exact) mass is 368 g/mol. The molecule has 1 fully saturated rings. The van der Waals surface area contributed by atoms with E-state index >= 15 is 0 Å². The number of nitrogens with one attached hydrogen (secondary N) is 1. The maximum atomic E-state index is 11.9. The van der Waals surface area contributed by atoms with Gasteiger partial charge in [0.15, 0.2) is 6.61 Å². The molecule has 2 aromatic carbocycles. The molecular formula is C21H24N2O4. The van der Waals surface area contributed by atoms with E-state index in [0.717, 1.165) is 44.7 Å². The second-order valence-electron chi connectivity index (χ2n) is 6.46. The van der Waals surface area contributed by atoms with Crippen molar-refractivity contribution in [1.29, 1.82) is 0 Å².